The molecule has 0 spiro atoms. The molecule has 2 rings (SSSR count). The van der Waals surface area contributed by atoms with Gasteiger partial charge in [0, 0.05) is 31.8 Å². The van der Waals surface area contributed by atoms with Crippen molar-refractivity contribution in [2.45, 2.75) is 69.7 Å². The Bertz CT molecular complexity index is 243. The summed E-state index contributed by atoms with van der Waals surface area (Å²) in [7, 11) is 4.09. The van der Waals surface area contributed by atoms with Crippen molar-refractivity contribution in [3.8, 4) is 0 Å². The molecule has 0 radical (unpaired) electrons. The molecular weight excluding hydrogens is 212 g/mol. The molecule has 2 fully saturated rings. The van der Waals surface area contributed by atoms with Gasteiger partial charge in [0.2, 0.25) is 0 Å². The van der Waals surface area contributed by atoms with Crippen molar-refractivity contribution in [2.24, 2.45) is 0 Å². The summed E-state index contributed by atoms with van der Waals surface area (Å²) in [6, 6.07) is 2.36. The van der Waals surface area contributed by atoms with Gasteiger partial charge in [0.25, 0.3) is 0 Å². The fraction of sp³-hybridized carbons (Fsp3) is 1.00. The minimum Gasteiger partial charge on any atom is -0.379 e. The van der Waals surface area contributed by atoms with Gasteiger partial charge >= 0.3 is 0 Å². The maximum Gasteiger partial charge on any atom is 0.0634 e. The lowest BCUT2D eigenvalue weighted by Gasteiger charge is -2.37. The lowest BCUT2D eigenvalue weighted by molar-refractivity contribution is 0.00460. The number of nitrogens with zero attached hydrogens (tertiary/aromatic N) is 1. The van der Waals surface area contributed by atoms with Crippen LogP contribution in [0.4, 0.5) is 0 Å². The number of rotatable bonds is 5. The largest absolute Gasteiger partial charge is 0.379 e. The minimum atomic E-state index is 0.0140. The molecule has 2 aliphatic rings. The molecule has 0 aliphatic carbocycles. The Hall–Kier alpha value is -0.120. The van der Waals surface area contributed by atoms with Crippen LogP contribution in [-0.2, 0) is 4.74 Å². The number of nitrogens with one attached hydrogen (secondary N) is 1. The zero-order valence-electron chi connectivity index (χ0n) is 11.8. The van der Waals surface area contributed by atoms with Crippen LogP contribution in [-0.4, -0.2) is 49.3 Å². The predicted molar refractivity (Wildman–Crippen MR) is 71.3 cm³/mol. The van der Waals surface area contributed by atoms with E-state index >= 15 is 0 Å². The van der Waals surface area contributed by atoms with E-state index in [4.69, 9.17) is 4.74 Å². The zero-order valence-corrected chi connectivity index (χ0v) is 11.8. The summed E-state index contributed by atoms with van der Waals surface area (Å²) in [5.41, 5.74) is 0.0140. The molecule has 3 nitrogen and oxygen atoms in total. The van der Waals surface area contributed by atoms with Crippen LogP contribution in [0.5, 0.6) is 0 Å². The van der Waals surface area contributed by atoms with Gasteiger partial charge in [-0.05, 0) is 53.0 Å². The van der Waals surface area contributed by atoms with Crippen molar-refractivity contribution in [3.63, 3.8) is 0 Å². The standard InChI is InChI=1S/C14H28N2O/c1-14(2,17-4)7-8-16(3)13-9-11-5-6-12(10-13)15-11/h11-13,15H,5-10H2,1-4H3. The Labute approximate surface area is 106 Å². The van der Waals surface area contributed by atoms with E-state index in [0.29, 0.717) is 0 Å². The first-order valence-corrected chi connectivity index (χ1v) is 7.01. The molecule has 0 amide bonds. The van der Waals surface area contributed by atoms with Crippen LogP contribution in [0.1, 0.15) is 46.0 Å². The Morgan fingerprint density at radius 2 is 1.82 bits per heavy atom. The highest BCUT2D eigenvalue weighted by atomic mass is 16.5. The summed E-state index contributed by atoms with van der Waals surface area (Å²) < 4.78 is 5.49. The molecule has 0 aromatic rings. The SMILES string of the molecule is COC(C)(C)CCN(C)C1CC2CCC(C1)N2. The van der Waals surface area contributed by atoms with Crippen LogP contribution in [0.15, 0.2) is 0 Å². The molecule has 17 heavy (non-hydrogen) atoms. The van der Waals surface area contributed by atoms with E-state index in [-0.39, 0.29) is 5.60 Å². The number of fused-ring (bicyclic) bond motifs is 2. The molecular formula is C14H28N2O. The Kier molecular flexibility index (Phi) is 4.11. The van der Waals surface area contributed by atoms with Crippen molar-refractivity contribution in [1.82, 2.24) is 10.2 Å². The summed E-state index contributed by atoms with van der Waals surface area (Å²) in [5.74, 6) is 0. The predicted octanol–water partition coefficient (Wildman–Crippen LogP) is 2.02. The number of hydrogen-bond donors (Lipinski definition) is 1. The second-order valence-electron chi connectivity index (χ2n) is 6.46. The van der Waals surface area contributed by atoms with Crippen LogP contribution in [0.3, 0.4) is 0 Å². The quantitative estimate of drug-likeness (QED) is 0.795. The Balaban J connectivity index is 1.78. The second-order valence-corrected chi connectivity index (χ2v) is 6.46. The normalized spacial score (nSPS) is 33.4. The first-order valence-electron chi connectivity index (χ1n) is 7.01. The summed E-state index contributed by atoms with van der Waals surface area (Å²) in [6.45, 7) is 5.49. The highest BCUT2D eigenvalue weighted by Gasteiger charge is 2.35. The molecule has 100 valence electrons. The highest BCUT2D eigenvalue weighted by molar-refractivity contribution is 4.95. The Morgan fingerprint density at radius 3 is 2.35 bits per heavy atom. The lowest BCUT2D eigenvalue weighted by atomic mass is 9.97. The van der Waals surface area contributed by atoms with Gasteiger partial charge in [0.1, 0.15) is 0 Å². The van der Waals surface area contributed by atoms with Gasteiger partial charge in [0.05, 0.1) is 5.60 Å². The van der Waals surface area contributed by atoms with Gasteiger partial charge in [-0.2, -0.15) is 0 Å². The van der Waals surface area contributed by atoms with Crippen molar-refractivity contribution in [1.29, 1.82) is 0 Å². The molecule has 3 heteroatoms. The molecule has 0 aromatic carbocycles. The number of methoxy groups -OCH3 is 1. The average Bonchev–Trinajstić information content (AvgIpc) is 2.65. The molecule has 0 aromatic heterocycles. The van der Waals surface area contributed by atoms with Crippen LogP contribution in [0, 0.1) is 0 Å². The molecule has 1 N–H and O–H groups in total. The number of ether oxygens (including phenoxy) is 1. The molecule has 2 heterocycles. The van der Waals surface area contributed by atoms with E-state index in [0.717, 1.165) is 31.1 Å². The second kappa shape index (κ2) is 5.25. The Morgan fingerprint density at radius 1 is 1.24 bits per heavy atom. The van der Waals surface area contributed by atoms with Crippen molar-refractivity contribution >= 4 is 0 Å². The third-order valence-electron chi connectivity index (χ3n) is 4.69. The van der Waals surface area contributed by atoms with Gasteiger partial charge in [-0.25, -0.2) is 0 Å². The summed E-state index contributed by atoms with van der Waals surface area (Å²) in [4.78, 5) is 2.55. The highest BCUT2D eigenvalue weighted by Crippen LogP contribution is 2.29. The molecule has 2 atom stereocenters. The maximum atomic E-state index is 5.49. The molecule has 2 unspecified atom stereocenters. The summed E-state index contributed by atoms with van der Waals surface area (Å²) in [5, 5.41) is 3.71. The van der Waals surface area contributed by atoms with E-state index < -0.39 is 0 Å². The lowest BCUT2D eigenvalue weighted by Crippen LogP contribution is -2.47. The van der Waals surface area contributed by atoms with Crippen LogP contribution in [0.2, 0.25) is 0 Å². The third kappa shape index (κ3) is 3.43. The fourth-order valence-electron chi connectivity index (χ4n) is 3.12. The smallest absolute Gasteiger partial charge is 0.0634 e. The van der Waals surface area contributed by atoms with Gasteiger partial charge in [-0.3, -0.25) is 0 Å². The van der Waals surface area contributed by atoms with E-state index in [9.17, 15) is 0 Å². The van der Waals surface area contributed by atoms with E-state index in [1.807, 2.05) is 7.11 Å². The summed E-state index contributed by atoms with van der Waals surface area (Å²) in [6.07, 6.45) is 6.55. The molecule has 2 aliphatic heterocycles. The van der Waals surface area contributed by atoms with Crippen molar-refractivity contribution in [2.75, 3.05) is 20.7 Å². The van der Waals surface area contributed by atoms with Crippen LogP contribution in [0.25, 0.3) is 0 Å². The van der Waals surface area contributed by atoms with Gasteiger partial charge < -0.3 is 15.0 Å². The van der Waals surface area contributed by atoms with E-state index in [2.05, 4.69) is 31.1 Å². The van der Waals surface area contributed by atoms with Gasteiger partial charge in [-0.15, -0.1) is 0 Å². The third-order valence-corrected chi connectivity index (χ3v) is 4.69. The van der Waals surface area contributed by atoms with Gasteiger partial charge in [-0.1, -0.05) is 0 Å². The molecule has 0 saturated carbocycles. The summed E-state index contributed by atoms with van der Waals surface area (Å²) >= 11 is 0. The number of piperidine rings is 1. The molecule has 2 bridgehead atoms. The van der Waals surface area contributed by atoms with Crippen LogP contribution < -0.4 is 5.32 Å². The van der Waals surface area contributed by atoms with Crippen molar-refractivity contribution in [3.05, 3.63) is 0 Å². The zero-order chi connectivity index (χ0) is 12.5. The van der Waals surface area contributed by atoms with Crippen LogP contribution >= 0.6 is 0 Å². The van der Waals surface area contributed by atoms with E-state index in [1.54, 1.807) is 0 Å². The maximum absolute atomic E-state index is 5.49. The minimum absolute atomic E-state index is 0.0140. The van der Waals surface area contributed by atoms with E-state index in [1.165, 1.54) is 25.7 Å². The topological polar surface area (TPSA) is 24.5 Å². The monoisotopic (exact) mass is 240 g/mol. The first-order chi connectivity index (χ1) is 8.00. The van der Waals surface area contributed by atoms with Crippen molar-refractivity contribution < 1.29 is 4.74 Å². The molecule has 2 saturated heterocycles. The number of hydrogen-bond acceptors (Lipinski definition) is 3. The first kappa shape index (κ1) is 13.3. The average molecular weight is 240 g/mol. The van der Waals surface area contributed by atoms with Gasteiger partial charge in [0.15, 0.2) is 0 Å². The fourth-order valence-corrected chi connectivity index (χ4v) is 3.12.